The number of benzene rings is 1. The Labute approximate surface area is 111 Å². The number of nitrogens with one attached hydrogen (secondary N) is 1. The second kappa shape index (κ2) is 6.31. The summed E-state index contributed by atoms with van der Waals surface area (Å²) in [6, 6.07) is 11.8. The first-order valence-electron chi connectivity index (χ1n) is 5.88. The van der Waals surface area contributed by atoms with Crippen LogP contribution in [-0.2, 0) is 4.74 Å². The van der Waals surface area contributed by atoms with Crippen LogP contribution in [0.5, 0.6) is 0 Å². The first-order valence-corrected chi connectivity index (χ1v) is 6.69. The highest BCUT2D eigenvalue weighted by molar-refractivity contribution is 7.99. The molecule has 0 radical (unpaired) electrons. The third kappa shape index (κ3) is 3.40. The third-order valence-corrected chi connectivity index (χ3v) is 3.26. The van der Waals surface area contributed by atoms with Crippen LogP contribution in [0.3, 0.4) is 0 Å². The molecule has 4 heteroatoms. The van der Waals surface area contributed by atoms with Gasteiger partial charge in [-0.25, -0.2) is 4.79 Å². The van der Waals surface area contributed by atoms with Gasteiger partial charge >= 0.3 is 5.97 Å². The van der Waals surface area contributed by atoms with Gasteiger partial charge in [0, 0.05) is 11.1 Å². The lowest BCUT2D eigenvalue weighted by molar-refractivity contribution is 0.0505. The van der Waals surface area contributed by atoms with Gasteiger partial charge in [0.15, 0.2) is 0 Å². The van der Waals surface area contributed by atoms with E-state index in [-0.39, 0.29) is 5.97 Å². The molecule has 18 heavy (non-hydrogen) atoms. The fourth-order valence-corrected chi connectivity index (χ4v) is 2.29. The van der Waals surface area contributed by atoms with E-state index in [9.17, 15) is 4.79 Å². The van der Waals surface area contributed by atoms with Crippen molar-refractivity contribution in [2.45, 2.75) is 23.3 Å². The number of ether oxygens (including phenoxy) is 1. The Kier molecular flexibility index (Phi) is 4.47. The van der Waals surface area contributed by atoms with Crippen molar-refractivity contribution in [2.75, 3.05) is 6.61 Å². The zero-order valence-corrected chi connectivity index (χ0v) is 11.0. The maximum atomic E-state index is 11.6. The maximum absolute atomic E-state index is 11.6. The highest BCUT2D eigenvalue weighted by Gasteiger charge is 2.09. The van der Waals surface area contributed by atoms with Crippen LogP contribution in [0, 0.1) is 0 Å². The number of aromatic nitrogens is 1. The monoisotopic (exact) mass is 261 g/mol. The molecular formula is C14H15NO2S. The highest BCUT2D eigenvalue weighted by Crippen LogP contribution is 2.26. The first kappa shape index (κ1) is 12.8. The van der Waals surface area contributed by atoms with E-state index in [1.165, 1.54) is 0 Å². The molecule has 3 nitrogen and oxygen atoms in total. The van der Waals surface area contributed by atoms with Crippen molar-refractivity contribution in [3.8, 4) is 0 Å². The van der Waals surface area contributed by atoms with Gasteiger partial charge in [0.05, 0.1) is 17.2 Å². The topological polar surface area (TPSA) is 42.1 Å². The molecule has 0 aliphatic heterocycles. The number of esters is 1. The second-order valence-corrected chi connectivity index (χ2v) is 4.92. The molecule has 1 N–H and O–H groups in total. The molecule has 0 saturated heterocycles. The quantitative estimate of drug-likeness (QED) is 0.834. The number of carbonyl (C=O) groups is 1. The van der Waals surface area contributed by atoms with Gasteiger partial charge in [-0.05, 0) is 24.6 Å². The second-order valence-electron chi connectivity index (χ2n) is 3.80. The summed E-state index contributed by atoms with van der Waals surface area (Å²) in [6.45, 7) is 2.44. The van der Waals surface area contributed by atoms with E-state index in [4.69, 9.17) is 4.74 Å². The molecule has 0 saturated carbocycles. The van der Waals surface area contributed by atoms with Crippen molar-refractivity contribution >= 4 is 17.7 Å². The van der Waals surface area contributed by atoms with Gasteiger partial charge in [-0.1, -0.05) is 36.9 Å². The molecule has 2 rings (SSSR count). The van der Waals surface area contributed by atoms with E-state index in [0.717, 1.165) is 16.3 Å². The lowest BCUT2D eigenvalue weighted by Gasteiger charge is -1.99. The molecule has 0 atom stereocenters. The summed E-state index contributed by atoms with van der Waals surface area (Å²) in [5.74, 6) is -0.270. The van der Waals surface area contributed by atoms with E-state index in [1.54, 1.807) is 18.0 Å². The fourth-order valence-electron chi connectivity index (χ4n) is 1.44. The molecule has 1 aromatic carbocycles. The number of H-pyrrole nitrogens is 1. The van der Waals surface area contributed by atoms with E-state index in [1.807, 2.05) is 43.3 Å². The standard InChI is InChI=1S/C14H15NO2S/c1-2-8-17-14(16)11-9-13(15-10-11)18-12-6-4-3-5-7-12/h3-7,9-10,15H,2,8H2,1H3. The van der Waals surface area contributed by atoms with Gasteiger partial charge in [0.25, 0.3) is 0 Å². The van der Waals surface area contributed by atoms with Crippen LogP contribution in [0.1, 0.15) is 23.7 Å². The number of carbonyl (C=O) groups excluding carboxylic acids is 1. The summed E-state index contributed by atoms with van der Waals surface area (Å²) >= 11 is 1.59. The molecule has 94 valence electrons. The number of hydrogen-bond acceptors (Lipinski definition) is 3. The lowest BCUT2D eigenvalue weighted by Crippen LogP contribution is -2.04. The van der Waals surface area contributed by atoms with Crippen LogP contribution in [0.2, 0.25) is 0 Å². The Bertz CT molecular complexity index is 508. The van der Waals surface area contributed by atoms with Gasteiger partial charge < -0.3 is 9.72 Å². The smallest absolute Gasteiger partial charge is 0.339 e. The van der Waals surface area contributed by atoms with Crippen LogP contribution in [0.15, 0.2) is 52.5 Å². The average molecular weight is 261 g/mol. The van der Waals surface area contributed by atoms with Gasteiger partial charge in [-0.3, -0.25) is 0 Å². The molecule has 1 heterocycles. The SMILES string of the molecule is CCCOC(=O)c1c[nH]c(Sc2ccccc2)c1. The number of rotatable bonds is 5. The van der Waals surface area contributed by atoms with Gasteiger partial charge in [-0.2, -0.15) is 0 Å². The summed E-state index contributed by atoms with van der Waals surface area (Å²) in [7, 11) is 0. The van der Waals surface area contributed by atoms with Crippen LogP contribution >= 0.6 is 11.8 Å². The number of aromatic amines is 1. The molecule has 0 amide bonds. The largest absolute Gasteiger partial charge is 0.462 e. The Balaban J connectivity index is 2.00. The Morgan fingerprint density at radius 2 is 2.11 bits per heavy atom. The number of hydrogen-bond donors (Lipinski definition) is 1. The molecule has 0 aliphatic rings. The van der Waals surface area contributed by atoms with Crippen LogP contribution < -0.4 is 0 Å². The van der Waals surface area contributed by atoms with E-state index in [0.29, 0.717) is 12.2 Å². The summed E-state index contributed by atoms with van der Waals surface area (Å²) in [6.07, 6.45) is 2.52. The summed E-state index contributed by atoms with van der Waals surface area (Å²) < 4.78 is 5.07. The summed E-state index contributed by atoms with van der Waals surface area (Å²) in [4.78, 5) is 15.8. The minimum Gasteiger partial charge on any atom is -0.462 e. The molecule has 1 aromatic heterocycles. The molecule has 0 aliphatic carbocycles. The van der Waals surface area contributed by atoms with Gasteiger partial charge in [0.1, 0.15) is 0 Å². The minimum absolute atomic E-state index is 0.270. The van der Waals surface area contributed by atoms with E-state index < -0.39 is 0 Å². The van der Waals surface area contributed by atoms with Crippen molar-refractivity contribution in [3.05, 3.63) is 48.2 Å². The van der Waals surface area contributed by atoms with E-state index in [2.05, 4.69) is 4.98 Å². The van der Waals surface area contributed by atoms with Crippen molar-refractivity contribution < 1.29 is 9.53 Å². The minimum atomic E-state index is -0.270. The Morgan fingerprint density at radius 3 is 2.83 bits per heavy atom. The van der Waals surface area contributed by atoms with Crippen LogP contribution in [0.4, 0.5) is 0 Å². The van der Waals surface area contributed by atoms with Gasteiger partial charge in [0.2, 0.25) is 0 Å². The molecule has 0 bridgehead atoms. The first-order chi connectivity index (χ1) is 8.79. The maximum Gasteiger partial charge on any atom is 0.339 e. The lowest BCUT2D eigenvalue weighted by atomic mass is 10.3. The van der Waals surface area contributed by atoms with Crippen molar-refractivity contribution in [1.82, 2.24) is 4.98 Å². The van der Waals surface area contributed by atoms with Crippen molar-refractivity contribution in [2.24, 2.45) is 0 Å². The predicted molar refractivity (Wildman–Crippen MR) is 71.9 cm³/mol. The summed E-state index contributed by atoms with van der Waals surface area (Å²) in [5, 5.41) is 0.935. The zero-order valence-electron chi connectivity index (χ0n) is 10.2. The van der Waals surface area contributed by atoms with Crippen LogP contribution in [-0.4, -0.2) is 17.6 Å². The molecule has 0 fully saturated rings. The molecule has 0 spiro atoms. The van der Waals surface area contributed by atoms with Crippen LogP contribution in [0.25, 0.3) is 0 Å². The summed E-state index contributed by atoms with van der Waals surface area (Å²) in [5.41, 5.74) is 0.571. The van der Waals surface area contributed by atoms with Gasteiger partial charge in [-0.15, -0.1) is 0 Å². The molecule has 2 aromatic rings. The fraction of sp³-hybridized carbons (Fsp3) is 0.214. The molecule has 0 unspecified atom stereocenters. The third-order valence-electron chi connectivity index (χ3n) is 2.30. The normalized spacial score (nSPS) is 10.3. The Morgan fingerprint density at radius 1 is 1.33 bits per heavy atom. The average Bonchev–Trinajstić information content (AvgIpc) is 2.86. The highest BCUT2D eigenvalue weighted by atomic mass is 32.2. The zero-order chi connectivity index (χ0) is 12.8. The van der Waals surface area contributed by atoms with E-state index >= 15 is 0 Å². The van der Waals surface area contributed by atoms with Crippen molar-refractivity contribution in [3.63, 3.8) is 0 Å². The molecular weight excluding hydrogens is 246 g/mol. The predicted octanol–water partition coefficient (Wildman–Crippen LogP) is 3.73. The van der Waals surface area contributed by atoms with Crippen molar-refractivity contribution in [1.29, 1.82) is 0 Å². The Hall–Kier alpha value is -1.68.